The van der Waals surface area contributed by atoms with E-state index in [0.717, 1.165) is 24.0 Å². The lowest BCUT2D eigenvalue weighted by molar-refractivity contribution is -0.136. The molecule has 1 aromatic rings. The Morgan fingerprint density at radius 1 is 1.28 bits per heavy atom. The van der Waals surface area contributed by atoms with Gasteiger partial charge >= 0.3 is 6.09 Å². The maximum Gasteiger partial charge on any atom is 0.407 e. The Hall–Kier alpha value is -2.90. The number of rotatable bonds is 5. The van der Waals surface area contributed by atoms with Crippen molar-refractivity contribution in [3.05, 3.63) is 34.9 Å². The third-order valence-electron chi connectivity index (χ3n) is 7.79. The summed E-state index contributed by atoms with van der Waals surface area (Å²) in [5.74, 6) is -0.486. The average molecular weight is 440 g/mol. The summed E-state index contributed by atoms with van der Waals surface area (Å²) in [6.07, 6.45) is 6.33. The minimum absolute atomic E-state index is 0.0927. The molecule has 2 atom stereocenters. The predicted octanol–water partition coefficient (Wildman–Crippen LogP) is 2.64. The first-order valence-electron chi connectivity index (χ1n) is 11.5. The van der Waals surface area contributed by atoms with E-state index in [9.17, 15) is 19.2 Å². The van der Waals surface area contributed by atoms with Crippen molar-refractivity contribution in [1.29, 1.82) is 0 Å². The highest BCUT2D eigenvalue weighted by atomic mass is 16.6. The summed E-state index contributed by atoms with van der Waals surface area (Å²) < 4.78 is 5.57. The standard InChI is InChI=1S/C24H29N3O5/c1-14(17-10-24(11-17)7-2-8-24)32-23(31)25-12-15-3-4-16-13-27(22(30)18(16)9-15)19-5-6-20(28)26-21(19)29/h3-4,9,14,17,19H,2,5-8,10-13H2,1H3,(H,25,31)(H,26,28,29). The van der Waals surface area contributed by atoms with Gasteiger partial charge in [0.05, 0.1) is 0 Å². The van der Waals surface area contributed by atoms with Crippen LogP contribution in [0.1, 0.15) is 73.4 Å². The molecule has 32 heavy (non-hydrogen) atoms. The largest absolute Gasteiger partial charge is 0.446 e. The minimum Gasteiger partial charge on any atom is -0.446 e. The van der Waals surface area contributed by atoms with E-state index in [1.165, 1.54) is 24.2 Å². The maximum absolute atomic E-state index is 12.9. The first-order valence-corrected chi connectivity index (χ1v) is 11.5. The normalized spacial score (nSPS) is 25.0. The number of carbonyl (C=O) groups excluding carboxylic acids is 4. The van der Waals surface area contributed by atoms with Crippen LogP contribution in [0.4, 0.5) is 4.79 Å². The molecule has 3 fully saturated rings. The average Bonchev–Trinajstić information content (AvgIpc) is 3.00. The van der Waals surface area contributed by atoms with Crippen LogP contribution < -0.4 is 10.6 Å². The number of carbonyl (C=O) groups is 4. The van der Waals surface area contributed by atoms with Crippen molar-refractivity contribution < 1.29 is 23.9 Å². The van der Waals surface area contributed by atoms with Gasteiger partial charge in [-0.25, -0.2) is 4.79 Å². The van der Waals surface area contributed by atoms with E-state index in [4.69, 9.17) is 4.74 Å². The van der Waals surface area contributed by atoms with Crippen molar-refractivity contribution >= 4 is 23.8 Å². The lowest BCUT2D eigenvalue weighted by Crippen LogP contribution is -2.52. The lowest BCUT2D eigenvalue weighted by Gasteiger charge is -2.55. The SMILES string of the molecule is CC(OC(=O)NCc1ccc2c(c1)C(=O)N(C1CCC(=O)NC1=O)C2)C1CC2(CCC2)C1. The van der Waals surface area contributed by atoms with Gasteiger partial charge in [0.1, 0.15) is 12.1 Å². The highest BCUT2D eigenvalue weighted by Gasteiger charge is 2.50. The molecule has 2 N–H and O–H groups in total. The van der Waals surface area contributed by atoms with Gasteiger partial charge in [-0.15, -0.1) is 0 Å². The van der Waals surface area contributed by atoms with Gasteiger partial charge in [0, 0.05) is 25.1 Å². The molecule has 8 heteroatoms. The summed E-state index contributed by atoms with van der Waals surface area (Å²) in [6.45, 7) is 2.57. The van der Waals surface area contributed by atoms with E-state index < -0.39 is 18.0 Å². The summed E-state index contributed by atoms with van der Waals surface area (Å²) in [5.41, 5.74) is 2.73. The van der Waals surface area contributed by atoms with Crippen LogP contribution in [0, 0.1) is 11.3 Å². The number of ether oxygens (including phenoxy) is 1. The molecule has 0 bridgehead atoms. The molecule has 8 nitrogen and oxygen atoms in total. The fourth-order valence-corrected chi connectivity index (χ4v) is 5.66. The molecule has 5 rings (SSSR count). The highest BCUT2D eigenvalue weighted by molar-refractivity contribution is 6.05. The van der Waals surface area contributed by atoms with Crippen molar-refractivity contribution in [3.63, 3.8) is 0 Å². The molecule has 2 aliphatic heterocycles. The molecule has 2 saturated carbocycles. The molecule has 1 spiro atoms. The summed E-state index contributed by atoms with van der Waals surface area (Å²) in [6, 6.07) is 4.86. The number of imide groups is 1. The number of alkyl carbamates (subject to hydrolysis) is 1. The van der Waals surface area contributed by atoms with Crippen LogP contribution in [0.5, 0.6) is 0 Å². The molecule has 2 heterocycles. The summed E-state index contributed by atoms with van der Waals surface area (Å²) in [7, 11) is 0. The molecule has 170 valence electrons. The van der Waals surface area contributed by atoms with Crippen molar-refractivity contribution in [2.45, 2.75) is 77.1 Å². The molecular weight excluding hydrogens is 410 g/mol. The van der Waals surface area contributed by atoms with E-state index in [1.807, 2.05) is 19.1 Å². The molecule has 0 aromatic heterocycles. The van der Waals surface area contributed by atoms with Crippen LogP contribution in [-0.2, 0) is 27.4 Å². The van der Waals surface area contributed by atoms with Crippen LogP contribution in [0.25, 0.3) is 0 Å². The Morgan fingerprint density at radius 2 is 2.06 bits per heavy atom. The number of amides is 4. The molecular formula is C24H29N3O5. The zero-order valence-electron chi connectivity index (χ0n) is 18.3. The number of hydrogen-bond donors (Lipinski definition) is 2. The number of nitrogens with zero attached hydrogens (tertiary/aromatic N) is 1. The number of piperidine rings is 1. The van der Waals surface area contributed by atoms with Gasteiger partial charge in [-0.2, -0.15) is 0 Å². The molecule has 0 radical (unpaired) electrons. The Kier molecular flexibility index (Phi) is 5.18. The zero-order valence-corrected chi connectivity index (χ0v) is 18.3. The number of benzene rings is 1. The van der Waals surface area contributed by atoms with Crippen molar-refractivity contribution in [2.24, 2.45) is 11.3 Å². The van der Waals surface area contributed by atoms with Crippen molar-refractivity contribution in [3.8, 4) is 0 Å². The second-order valence-electron chi connectivity index (χ2n) is 9.88. The van der Waals surface area contributed by atoms with Gasteiger partial charge in [0.2, 0.25) is 11.8 Å². The smallest absolute Gasteiger partial charge is 0.407 e. The maximum atomic E-state index is 12.9. The van der Waals surface area contributed by atoms with Gasteiger partial charge in [0.15, 0.2) is 0 Å². The van der Waals surface area contributed by atoms with E-state index in [0.29, 0.717) is 29.9 Å². The first kappa shape index (κ1) is 21.0. The van der Waals surface area contributed by atoms with Crippen LogP contribution in [0.3, 0.4) is 0 Å². The van der Waals surface area contributed by atoms with Crippen LogP contribution in [-0.4, -0.2) is 40.9 Å². The molecule has 1 aromatic carbocycles. The fourth-order valence-electron chi connectivity index (χ4n) is 5.66. The Labute approximate surface area is 187 Å². The van der Waals surface area contributed by atoms with Crippen LogP contribution in [0.15, 0.2) is 18.2 Å². The Bertz CT molecular complexity index is 978. The second kappa shape index (κ2) is 7.90. The monoisotopic (exact) mass is 439 g/mol. The molecule has 1 saturated heterocycles. The lowest BCUT2D eigenvalue weighted by atomic mass is 9.51. The van der Waals surface area contributed by atoms with Crippen LogP contribution in [0.2, 0.25) is 0 Å². The number of fused-ring (bicyclic) bond motifs is 1. The Balaban J connectivity index is 1.14. The number of nitrogens with one attached hydrogen (secondary N) is 2. The third-order valence-corrected chi connectivity index (χ3v) is 7.79. The Morgan fingerprint density at radius 3 is 2.75 bits per heavy atom. The summed E-state index contributed by atoms with van der Waals surface area (Å²) >= 11 is 0. The topological polar surface area (TPSA) is 105 Å². The van der Waals surface area contributed by atoms with Gasteiger partial charge < -0.3 is 15.0 Å². The van der Waals surface area contributed by atoms with E-state index in [-0.39, 0.29) is 30.9 Å². The van der Waals surface area contributed by atoms with Gasteiger partial charge in [-0.05, 0) is 67.6 Å². The van der Waals surface area contributed by atoms with Gasteiger partial charge in [-0.1, -0.05) is 18.6 Å². The van der Waals surface area contributed by atoms with Crippen LogP contribution >= 0.6 is 0 Å². The molecule has 2 unspecified atom stereocenters. The first-order chi connectivity index (χ1) is 15.3. The summed E-state index contributed by atoms with van der Waals surface area (Å²) in [5, 5.41) is 5.09. The predicted molar refractivity (Wildman–Crippen MR) is 114 cm³/mol. The van der Waals surface area contributed by atoms with Gasteiger partial charge in [0.25, 0.3) is 5.91 Å². The third kappa shape index (κ3) is 3.76. The van der Waals surface area contributed by atoms with Crippen molar-refractivity contribution in [1.82, 2.24) is 15.5 Å². The molecule has 4 aliphatic rings. The van der Waals surface area contributed by atoms with E-state index >= 15 is 0 Å². The van der Waals surface area contributed by atoms with Crippen molar-refractivity contribution in [2.75, 3.05) is 0 Å². The fraction of sp³-hybridized carbons (Fsp3) is 0.583. The quantitative estimate of drug-likeness (QED) is 0.687. The molecule has 2 aliphatic carbocycles. The minimum atomic E-state index is -0.628. The molecule has 4 amide bonds. The summed E-state index contributed by atoms with van der Waals surface area (Å²) in [4.78, 5) is 50.2. The highest BCUT2D eigenvalue weighted by Crippen LogP contribution is 2.59. The second-order valence-corrected chi connectivity index (χ2v) is 9.88. The van der Waals surface area contributed by atoms with Gasteiger partial charge in [-0.3, -0.25) is 19.7 Å². The zero-order chi connectivity index (χ0) is 22.5. The number of hydrogen-bond acceptors (Lipinski definition) is 5. The van der Waals surface area contributed by atoms with E-state index in [1.54, 1.807) is 6.07 Å². The van der Waals surface area contributed by atoms with E-state index in [2.05, 4.69) is 10.6 Å².